The Morgan fingerprint density at radius 2 is 1.05 bits per heavy atom. The molecule has 0 unspecified atom stereocenters. The van der Waals surface area contributed by atoms with Crippen LogP contribution in [0.25, 0.3) is 22.9 Å². The van der Waals surface area contributed by atoms with Gasteiger partial charge in [-0.1, -0.05) is 91.7 Å². The second kappa shape index (κ2) is 7.61. The molecule has 112 valence electrons. The van der Waals surface area contributed by atoms with Crippen LogP contribution in [0.3, 0.4) is 0 Å². The molecule has 3 rings (SSSR count). The minimum absolute atomic E-state index is 1.24. The van der Waals surface area contributed by atoms with Gasteiger partial charge in [-0.3, -0.25) is 0 Å². The first-order chi connectivity index (χ1) is 10.7. The van der Waals surface area contributed by atoms with E-state index in [1.165, 1.54) is 33.0 Å². The Morgan fingerprint density at radius 1 is 0.545 bits per heavy atom. The molecule has 0 saturated carbocycles. The smallest absolute Gasteiger partial charge is 0.0178 e. The molecule has 3 aromatic rings. The molecule has 0 aliphatic rings. The van der Waals surface area contributed by atoms with Gasteiger partial charge in [-0.15, -0.1) is 0 Å². The fourth-order valence-electron chi connectivity index (χ4n) is 2.36. The number of aryl methyl sites for hydroxylation is 2. The largest absolute Gasteiger partial charge is 0.0683 e. The van der Waals surface area contributed by atoms with E-state index in [4.69, 9.17) is 0 Å². The zero-order valence-electron chi connectivity index (χ0n) is 13.9. The van der Waals surface area contributed by atoms with Crippen molar-refractivity contribution in [3.05, 3.63) is 82.9 Å². The van der Waals surface area contributed by atoms with E-state index >= 15 is 0 Å². The van der Waals surface area contributed by atoms with Gasteiger partial charge in [0.2, 0.25) is 0 Å². The van der Waals surface area contributed by atoms with Gasteiger partial charge >= 0.3 is 0 Å². The van der Waals surface area contributed by atoms with Crippen LogP contribution >= 0.6 is 0 Å². The summed E-state index contributed by atoms with van der Waals surface area (Å²) in [6.45, 7) is 8.24. The molecule has 0 N–H and O–H groups in total. The fourth-order valence-corrected chi connectivity index (χ4v) is 2.36. The molecule has 0 amide bonds. The summed E-state index contributed by atoms with van der Waals surface area (Å²) in [7, 11) is 0. The molecule has 0 aliphatic heterocycles. The highest BCUT2D eigenvalue weighted by atomic mass is 14.0. The molecule has 0 heteroatoms. The molecule has 0 radical (unpaired) electrons. The molecule has 0 aromatic heterocycles. The Kier molecular flexibility index (Phi) is 5.55. The summed E-state index contributed by atoms with van der Waals surface area (Å²) in [5, 5.41) is 2.60. The first-order valence-corrected chi connectivity index (χ1v) is 7.96. The molecule has 0 nitrogen and oxygen atoms in total. The quantitative estimate of drug-likeness (QED) is 0.463. The summed E-state index contributed by atoms with van der Waals surface area (Å²) in [4.78, 5) is 0. The van der Waals surface area contributed by atoms with Gasteiger partial charge in [-0.2, -0.15) is 0 Å². The van der Waals surface area contributed by atoms with Crippen molar-refractivity contribution in [3.8, 4) is 0 Å². The molecule has 0 aliphatic carbocycles. The predicted octanol–water partition coefficient (Wildman–Crippen LogP) is 6.65. The van der Waals surface area contributed by atoms with E-state index in [1.54, 1.807) is 0 Å². The summed E-state index contributed by atoms with van der Waals surface area (Å²) in [5.74, 6) is 0. The van der Waals surface area contributed by atoms with Gasteiger partial charge in [-0.05, 0) is 41.8 Å². The van der Waals surface area contributed by atoms with Crippen LogP contribution in [0.2, 0.25) is 0 Å². The van der Waals surface area contributed by atoms with Crippen molar-refractivity contribution in [2.45, 2.75) is 27.7 Å². The molecule has 22 heavy (non-hydrogen) atoms. The van der Waals surface area contributed by atoms with Crippen molar-refractivity contribution in [1.82, 2.24) is 0 Å². The van der Waals surface area contributed by atoms with E-state index in [9.17, 15) is 0 Å². The van der Waals surface area contributed by atoms with Crippen molar-refractivity contribution in [1.29, 1.82) is 0 Å². The molecular weight excluding hydrogens is 264 g/mol. The van der Waals surface area contributed by atoms with Crippen molar-refractivity contribution >= 4 is 22.9 Å². The lowest BCUT2D eigenvalue weighted by atomic mass is 10.0. The summed E-state index contributed by atoms with van der Waals surface area (Å²) in [6, 6.07) is 21.8. The Bertz CT molecular complexity index is 762. The molecule has 0 spiro atoms. The Hall–Kier alpha value is -2.34. The maximum atomic E-state index is 2.24. The molecule has 0 saturated heterocycles. The fraction of sp³-hybridized carbons (Fsp3) is 0.182. The average molecular weight is 288 g/mol. The first-order valence-electron chi connectivity index (χ1n) is 7.96. The van der Waals surface area contributed by atoms with Crippen LogP contribution in [0.4, 0.5) is 0 Å². The van der Waals surface area contributed by atoms with Gasteiger partial charge in [0.05, 0.1) is 0 Å². The second-order valence-corrected chi connectivity index (χ2v) is 5.35. The summed E-state index contributed by atoms with van der Waals surface area (Å²) < 4.78 is 0. The lowest BCUT2D eigenvalue weighted by Crippen LogP contribution is -1.78. The van der Waals surface area contributed by atoms with Gasteiger partial charge in [-0.25, -0.2) is 0 Å². The molecule has 0 atom stereocenters. The van der Waals surface area contributed by atoms with Crippen LogP contribution in [-0.4, -0.2) is 0 Å². The second-order valence-electron chi connectivity index (χ2n) is 5.35. The normalized spacial score (nSPS) is 10.5. The third kappa shape index (κ3) is 4.08. The van der Waals surface area contributed by atoms with Crippen LogP contribution in [0.15, 0.2) is 60.7 Å². The SMILES string of the molecule is CC.Cc1ccc(C=Cc2ccc3cc(C)ccc3c2)cc1. The Morgan fingerprint density at radius 3 is 1.77 bits per heavy atom. The highest BCUT2D eigenvalue weighted by Crippen LogP contribution is 2.19. The van der Waals surface area contributed by atoms with Crippen molar-refractivity contribution in [2.24, 2.45) is 0 Å². The van der Waals surface area contributed by atoms with Crippen molar-refractivity contribution < 1.29 is 0 Å². The molecular formula is C22H24. The first kappa shape index (κ1) is 16.0. The maximum Gasteiger partial charge on any atom is -0.0178 e. The van der Waals surface area contributed by atoms with Crippen LogP contribution in [0.1, 0.15) is 36.1 Å². The van der Waals surface area contributed by atoms with Gasteiger partial charge in [0.25, 0.3) is 0 Å². The Balaban J connectivity index is 0.000000847. The lowest BCUT2D eigenvalue weighted by molar-refractivity contribution is 1.46. The number of fused-ring (bicyclic) bond motifs is 1. The number of rotatable bonds is 2. The topological polar surface area (TPSA) is 0 Å². The van der Waals surface area contributed by atoms with E-state index in [1.807, 2.05) is 13.8 Å². The zero-order chi connectivity index (χ0) is 15.9. The highest BCUT2D eigenvalue weighted by molar-refractivity contribution is 5.86. The zero-order valence-corrected chi connectivity index (χ0v) is 13.9. The summed E-state index contributed by atoms with van der Waals surface area (Å²) >= 11 is 0. The van der Waals surface area contributed by atoms with Crippen molar-refractivity contribution in [3.63, 3.8) is 0 Å². The van der Waals surface area contributed by atoms with E-state index in [-0.39, 0.29) is 0 Å². The Labute approximate surface area is 134 Å². The minimum atomic E-state index is 1.24. The third-order valence-corrected chi connectivity index (χ3v) is 3.57. The number of hydrogen-bond donors (Lipinski definition) is 0. The van der Waals surface area contributed by atoms with E-state index in [2.05, 4.69) is 86.7 Å². The molecule has 0 heterocycles. The van der Waals surface area contributed by atoms with E-state index < -0.39 is 0 Å². The monoisotopic (exact) mass is 288 g/mol. The van der Waals surface area contributed by atoms with Crippen LogP contribution in [-0.2, 0) is 0 Å². The van der Waals surface area contributed by atoms with Gasteiger partial charge in [0.15, 0.2) is 0 Å². The standard InChI is InChI=1S/C20H18.C2H6/c1-15-3-6-17(7-4-15)8-9-18-10-12-19-13-16(2)5-11-20(19)14-18;1-2/h3-14H,1-2H3;1-2H3. The van der Waals surface area contributed by atoms with Crippen LogP contribution in [0.5, 0.6) is 0 Å². The molecule has 0 fully saturated rings. The van der Waals surface area contributed by atoms with Crippen LogP contribution < -0.4 is 0 Å². The highest BCUT2D eigenvalue weighted by Gasteiger charge is 1.95. The predicted molar refractivity (Wildman–Crippen MR) is 100 cm³/mol. The van der Waals surface area contributed by atoms with Gasteiger partial charge in [0.1, 0.15) is 0 Å². The summed E-state index contributed by atoms with van der Waals surface area (Å²) in [6.07, 6.45) is 4.33. The van der Waals surface area contributed by atoms with Gasteiger partial charge < -0.3 is 0 Å². The number of hydrogen-bond acceptors (Lipinski definition) is 0. The molecule has 3 aromatic carbocycles. The third-order valence-electron chi connectivity index (χ3n) is 3.57. The van der Waals surface area contributed by atoms with Gasteiger partial charge in [0, 0.05) is 0 Å². The van der Waals surface area contributed by atoms with E-state index in [0.717, 1.165) is 0 Å². The van der Waals surface area contributed by atoms with Crippen molar-refractivity contribution in [2.75, 3.05) is 0 Å². The minimum Gasteiger partial charge on any atom is -0.0683 e. The number of benzene rings is 3. The average Bonchev–Trinajstić information content (AvgIpc) is 2.56. The van der Waals surface area contributed by atoms with Crippen LogP contribution in [0, 0.1) is 13.8 Å². The molecule has 0 bridgehead atoms. The summed E-state index contributed by atoms with van der Waals surface area (Å²) in [5.41, 5.74) is 5.07. The maximum absolute atomic E-state index is 2.24. The lowest BCUT2D eigenvalue weighted by Gasteiger charge is -2.01. The van der Waals surface area contributed by atoms with E-state index in [0.29, 0.717) is 0 Å².